The van der Waals surface area contributed by atoms with Crippen LogP contribution in [-0.4, -0.2) is 36.1 Å². The fraction of sp³-hybridized carbons (Fsp3) is 0.375. The highest BCUT2D eigenvalue weighted by Crippen LogP contribution is 2.44. The van der Waals surface area contributed by atoms with Gasteiger partial charge in [-0.25, -0.2) is 9.59 Å². The SMILES string of the molecule is CCCc1ccc(C(=O)OC2CCC(C(=O)Oc3ccc(OC(=O)C4CCC(OC(=O)c5ccc(CCC)cc5)CC4)c4sc(-c5ccccc5)cc34)CC2)cc1. The Morgan fingerprint density at radius 2 is 1.02 bits per heavy atom. The number of aryl methyl sites for hydroxylation is 2. The first-order valence-corrected chi connectivity index (χ1v) is 21.2. The second-order valence-electron chi connectivity index (χ2n) is 15.3. The second-order valence-corrected chi connectivity index (χ2v) is 16.3. The molecule has 0 spiro atoms. The lowest BCUT2D eigenvalue weighted by Crippen LogP contribution is -2.30. The molecule has 2 aliphatic rings. The van der Waals surface area contributed by atoms with Gasteiger partial charge in [0.1, 0.15) is 23.7 Å². The van der Waals surface area contributed by atoms with E-state index in [4.69, 9.17) is 18.9 Å². The van der Waals surface area contributed by atoms with E-state index in [0.29, 0.717) is 79.4 Å². The molecule has 5 aromatic rings. The van der Waals surface area contributed by atoms with E-state index < -0.39 is 0 Å². The van der Waals surface area contributed by atoms with Crippen LogP contribution in [0.5, 0.6) is 11.5 Å². The van der Waals surface area contributed by atoms with E-state index in [9.17, 15) is 19.2 Å². The summed E-state index contributed by atoms with van der Waals surface area (Å²) in [6.07, 6.45) is 8.07. The van der Waals surface area contributed by atoms with Gasteiger partial charge in [-0.15, -0.1) is 11.3 Å². The lowest BCUT2D eigenvalue weighted by atomic mass is 9.87. The van der Waals surface area contributed by atoms with Crippen molar-refractivity contribution in [3.8, 4) is 21.9 Å². The van der Waals surface area contributed by atoms with E-state index in [1.165, 1.54) is 22.5 Å². The molecule has 0 N–H and O–H groups in total. The van der Waals surface area contributed by atoms with Gasteiger partial charge in [0, 0.05) is 10.3 Å². The molecule has 2 saturated carbocycles. The number of carbonyl (C=O) groups is 4. The first kappa shape index (κ1) is 39.9. The first-order valence-electron chi connectivity index (χ1n) is 20.4. The van der Waals surface area contributed by atoms with Crippen LogP contribution in [0.3, 0.4) is 0 Å². The highest BCUT2D eigenvalue weighted by molar-refractivity contribution is 7.22. The van der Waals surface area contributed by atoms with Crippen LogP contribution in [0.25, 0.3) is 20.5 Å². The molecule has 296 valence electrons. The van der Waals surface area contributed by atoms with E-state index in [1.807, 2.05) is 84.9 Å². The molecular weight excluding hydrogens is 737 g/mol. The molecule has 0 amide bonds. The number of hydrogen-bond acceptors (Lipinski definition) is 9. The zero-order chi connectivity index (χ0) is 39.7. The lowest BCUT2D eigenvalue weighted by Gasteiger charge is -2.27. The fourth-order valence-electron chi connectivity index (χ4n) is 7.84. The molecule has 2 aliphatic carbocycles. The summed E-state index contributed by atoms with van der Waals surface area (Å²) in [5.41, 5.74) is 4.47. The topological polar surface area (TPSA) is 105 Å². The van der Waals surface area contributed by atoms with Gasteiger partial charge >= 0.3 is 23.9 Å². The summed E-state index contributed by atoms with van der Waals surface area (Å²) in [7, 11) is 0. The molecule has 57 heavy (non-hydrogen) atoms. The molecular formula is C48H50O8S. The van der Waals surface area contributed by atoms with Crippen molar-refractivity contribution >= 4 is 45.3 Å². The summed E-state index contributed by atoms with van der Waals surface area (Å²) in [5.74, 6) is -1.13. The maximum Gasteiger partial charge on any atom is 0.338 e. The molecule has 0 saturated heterocycles. The predicted octanol–water partition coefficient (Wildman–Crippen LogP) is 11.1. The van der Waals surface area contributed by atoms with Gasteiger partial charge < -0.3 is 18.9 Å². The summed E-state index contributed by atoms with van der Waals surface area (Å²) in [4.78, 5) is 53.7. The van der Waals surface area contributed by atoms with Gasteiger partial charge in [-0.2, -0.15) is 0 Å². The number of fused-ring (bicyclic) bond motifs is 1. The Hall–Kier alpha value is -5.28. The number of benzene rings is 4. The largest absolute Gasteiger partial charge is 0.459 e. The lowest BCUT2D eigenvalue weighted by molar-refractivity contribution is -0.141. The molecule has 0 aliphatic heterocycles. The van der Waals surface area contributed by atoms with Gasteiger partial charge in [0.15, 0.2) is 0 Å². The molecule has 1 aromatic heterocycles. The van der Waals surface area contributed by atoms with Crippen LogP contribution in [0.1, 0.15) is 110 Å². The van der Waals surface area contributed by atoms with E-state index in [-0.39, 0.29) is 47.9 Å². The van der Waals surface area contributed by atoms with E-state index >= 15 is 0 Å². The molecule has 2 fully saturated rings. The summed E-state index contributed by atoms with van der Waals surface area (Å²) in [6.45, 7) is 4.25. The van der Waals surface area contributed by atoms with E-state index in [0.717, 1.165) is 40.8 Å². The molecule has 0 atom stereocenters. The molecule has 0 radical (unpaired) electrons. The Bertz CT molecular complexity index is 2020. The highest BCUT2D eigenvalue weighted by Gasteiger charge is 2.32. The predicted molar refractivity (Wildman–Crippen MR) is 222 cm³/mol. The maximum atomic E-state index is 13.6. The molecule has 9 heteroatoms. The van der Waals surface area contributed by atoms with Gasteiger partial charge in [0.25, 0.3) is 0 Å². The van der Waals surface area contributed by atoms with Crippen molar-refractivity contribution in [1.29, 1.82) is 0 Å². The normalized spacial score (nSPS) is 19.4. The third-order valence-electron chi connectivity index (χ3n) is 11.1. The van der Waals surface area contributed by atoms with Crippen molar-refractivity contribution in [3.63, 3.8) is 0 Å². The Balaban J connectivity index is 0.967. The van der Waals surface area contributed by atoms with Gasteiger partial charge in [0.05, 0.1) is 27.7 Å². The summed E-state index contributed by atoms with van der Waals surface area (Å²) in [6, 6.07) is 30.5. The molecule has 7 rings (SSSR count). The van der Waals surface area contributed by atoms with Crippen molar-refractivity contribution in [1.82, 2.24) is 0 Å². The number of thiophene rings is 1. The van der Waals surface area contributed by atoms with Gasteiger partial charge in [-0.1, -0.05) is 81.3 Å². The van der Waals surface area contributed by atoms with Crippen LogP contribution in [0.2, 0.25) is 0 Å². The van der Waals surface area contributed by atoms with Gasteiger partial charge in [-0.3, -0.25) is 9.59 Å². The third kappa shape index (κ3) is 10.0. The smallest absolute Gasteiger partial charge is 0.338 e. The quantitative estimate of drug-likeness (QED) is 0.0858. The Morgan fingerprint density at radius 1 is 0.561 bits per heavy atom. The van der Waals surface area contributed by atoms with Crippen molar-refractivity contribution in [2.24, 2.45) is 11.8 Å². The molecule has 0 unspecified atom stereocenters. The second kappa shape index (κ2) is 18.8. The number of hydrogen-bond donors (Lipinski definition) is 0. The highest BCUT2D eigenvalue weighted by atomic mass is 32.1. The van der Waals surface area contributed by atoms with Crippen LogP contribution < -0.4 is 9.47 Å². The van der Waals surface area contributed by atoms with Crippen LogP contribution in [0, 0.1) is 11.8 Å². The van der Waals surface area contributed by atoms with Gasteiger partial charge in [-0.05, 0) is 123 Å². The van der Waals surface area contributed by atoms with E-state index in [2.05, 4.69) is 13.8 Å². The zero-order valence-electron chi connectivity index (χ0n) is 32.7. The zero-order valence-corrected chi connectivity index (χ0v) is 33.5. The van der Waals surface area contributed by atoms with E-state index in [1.54, 1.807) is 12.1 Å². The molecule has 4 aromatic carbocycles. The van der Waals surface area contributed by atoms with Crippen LogP contribution >= 0.6 is 11.3 Å². The molecule has 1 heterocycles. The van der Waals surface area contributed by atoms with Gasteiger partial charge in [0.2, 0.25) is 0 Å². The van der Waals surface area contributed by atoms with Crippen molar-refractivity contribution in [2.75, 3.05) is 0 Å². The average Bonchev–Trinajstić information content (AvgIpc) is 3.70. The number of ether oxygens (including phenoxy) is 4. The molecule has 8 nitrogen and oxygen atoms in total. The number of rotatable bonds is 13. The standard InChI is InChI=1S/C48H50O8S/c1-3-8-31-12-16-34(17-13-31)45(49)53-38-24-20-36(21-25-38)47(51)55-41-28-29-42(44-40(41)30-43(57-44)33-10-6-5-7-11-33)56-48(52)37-22-26-39(27-23-37)54-46(50)35-18-14-32(9-4-2)15-19-35/h5-7,10-19,28-30,36-39H,3-4,8-9,20-27H2,1-2H3. The van der Waals surface area contributed by atoms with Crippen molar-refractivity contribution in [3.05, 3.63) is 119 Å². The minimum absolute atomic E-state index is 0.249. The van der Waals surface area contributed by atoms with Crippen LogP contribution in [0.15, 0.2) is 97.1 Å². The monoisotopic (exact) mass is 786 g/mol. The van der Waals surface area contributed by atoms with Crippen molar-refractivity contribution in [2.45, 2.75) is 103 Å². The minimum atomic E-state index is -0.336. The Morgan fingerprint density at radius 3 is 1.49 bits per heavy atom. The first-order chi connectivity index (χ1) is 27.8. The number of carbonyl (C=O) groups excluding carboxylic acids is 4. The summed E-state index contributed by atoms with van der Waals surface area (Å²) < 4.78 is 24.5. The number of esters is 4. The van der Waals surface area contributed by atoms with Crippen LogP contribution in [0.4, 0.5) is 0 Å². The average molecular weight is 787 g/mol. The Kier molecular flexibility index (Phi) is 13.2. The van der Waals surface area contributed by atoms with Crippen LogP contribution in [-0.2, 0) is 31.9 Å². The minimum Gasteiger partial charge on any atom is -0.459 e. The fourth-order valence-corrected chi connectivity index (χ4v) is 8.97. The Labute approximate surface area is 338 Å². The molecule has 0 bridgehead atoms. The summed E-state index contributed by atoms with van der Waals surface area (Å²) in [5, 5.41) is 0.698. The third-order valence-corrected chi connectivity index (χ3v) is 12.3. The van der Waals surface area contributed by atoms with Crippen molar-refractivity contribution < 1.29 is 38.1 Å². The summed E-state index contributed by atoms with van der Waals surface area (Å²) >= 11 is 1.48. The maximum absolute atomic E-state index is 13.6.